The van der Waals surface area contributed by atoms with Gasteiger partial charge in [-0.25, -0.2) is 0 Å². The van der Waals surface area contributed by atoms with Crippen LogP contribution in [-0.2, 0) is 0 Å². The predicted molar refractivity (Wildman–Crippen MR) is 105 cm³/mol. The first-order valence-corrected chi connectivity index (χ1v) is 8.72. The molecule has 0 saturated carbocycles. The zero-order valence-electron chi connectivity index (χ0n) is 14.7. The lowest BCUT2D eigenvalue weighted by Gasteiger charge is -2.24. The number of hydrogen-bond donors (Lipinski definition) is 2. The van der Waals surface area contributed by atoms with Crippen LogP contribution in [0, 0.1) is 5.92 Å². The SMILES string of the molecule is CC(C)C(CNC(=O)c1cccc2ccccc12)Nc1ccccc1. The minimum Gasteiger partial charge on any atom is -0.380 e. The monoisotopic (exact) mass is 332 g/mol. The van der Waals surface area contributed by atoms with Gasteiger partial charge in [-0.2, -0.15) is 0 Å². The Balaban J connectivity index is 1.71. The van der Waals surface area contributed by atoms with Gasteiger partial charge >= 0.3 is 0 Å². The lowest BCUT2D eigenvalue weighted by molar-refractivity contribution is 0.0952. The van der Waals surface area contributed by atoms with Gasteiger partial charge in [0, 0.05) is 23.8 Å². The van der Waals surface area contributed by atoms with Gasteiger partial charge in [0.25, 0.3) is 5.91 Å². The number of rotatable bonds is 6. The number of nitrogens with one attached hydrogen (secondary N) is 2. The quantitative estimate of drug-likeness (QED) is 0.686. The number of para-hydroxylation sites is 1. The van der Waals surface area contributed by atoms with Crippen molar-refractivity contribution in [2.45, 2.75) is 19.9 Å². The van der Waals surface area contributed by atoms with E-state index in [0.717, 1.165) is 22.0 Å². The molecule has 3 aromatic rings. The fourth-order valence-electron chi connectivity index (χ4n) is 2.92. The summed E-state index contributed by atoms with van der Waals surface area (Å²) in [5, 5.41) is 8.67. The molecule has 0 saturated heterocycles. The third kappa shape index (κ3) is 4.18. The van der Waals surface area contributed by atoms with Crippen LogP contribution < -0.4 is 10.6 Å². The maximum atomic E-state index is 12.7. The fourth-order valence-corrected chi connectivity index (χ4v) is 2.92. The zero-order chi connectivity index (χ0) is 17.6. The Kier molecular flexibility index (Phi) is 5.34. The molecule has 3 rings (SSSR count). The lowest BCUT2D eigenvalue weighted by atomic mass is 10.0. The summed E-state index contributed by atoms with van der Waals surface area (Å²) in [5.41, 5.74) is 1.79. The topological polar surface area (TPSA) is 41.1 Å². The van der Waals surface area contributed by atoms with Gasteiger partial charge in [-0.15, -0.1) is 0 Å². The lowest BCUT2D eigenvalue weighted by Crippen LogP contribution is -2.39. The van der Waals surface area contributed by atoms with Crippen LogP contribution >= 0.6 is 0 Å². The van der Waals surface area contributed by atoms with Gasteiger partial charge in [0.15, 0.2) is 0 Å². The third-order valence-corrected chi connectivity index (χ3v) is 4.45. The number of carbonyl (C=O) groups is 1. The van der Waals surface area contributed by atoms with Gasteiger partial charge in [0.1, 0.15) is 0 Å². The standard InChI is InChI=1S/C22H24N2O/c1-16(2)21(24-18-11-4-3-5-12-18)15-23-22(25)20-14-8-10-17-9-6-7-13-19(17)20/h3-14,16,21,24H,15H2,1-2H3,(H,23,25). The van der Waals surface area contributed by atoms with Gasteiger partial charge in [-0.3, -0.25) is 4.79 Å². The Hall–Kier alpha value is -2.81. The molecule has 25 heavy (non-hydrogen) atoms. The molecule has 1 unspecified atom stereocenters. The van der Waals surface area contributed by atoms with E-state index in [9.17, 15) is 4.79 Å². The number of amides is 1. The molecule has 0 spiro atoms. The van der Waals surface area contributed by atoms with Crippen molar-refractivity contribution in [3.05, 3.63) is 78.4 Å². The van der Waals surface area contributed by atoms with Gasteiger partial charge in [-0.05, 0) is 34.9 Å². The van der Waals surface area contributed by atoms with Crippen LogP contribution in [0.1, 0.15) is 24.2 Å². The van der Waals surface area contributed by atoms with Crippen molar-refractivity contribution in [1.82, 2.24) is 5.32 Å². The first-order chi connectivity index (χ1) is 12.1. The second kappa shape index (κ2) is 7.84. The van der Waals surface area contributed by atoms with E-state index in [1.165, 1.54) is 0 Å². The Morgan fingerprint density at radius 3 is 2.32 bits per heavy atom. The van der Waals surface area contributed by atoms with Crippen molar-refractivity contribution < 1.29 is 4.79 Å². The summed E-state index contributed by atoms with van der Waals surface area (Å²) < 4.78 is 0. The average Bonchev–Trinajstić information content (AvgIpc) is 2.65. The highest BCUT2D eigenvalue weighted by molar-refractivity contribution is 6.07. The Morgan fingerprint density at radius 1 is 0.880 bits per heavy atom. The normalized spacial score (nSPS) is 12.1. The molecule has 0 heterocycles. The second-order valence-corrected chi connectivity index (χ2v) is 6.60. The molecule has 0 bridgehead atoms. The highest BCUT2D eigenvalue weighted by Gasteiger charge is 2.16. The van der Waals surface area contributed by atoms with E-state index in [4.69, 9.17) is 0 Å². The summed E-state index contributed by atoms with van der Waals surface area (Å²) >= 11 is 0. The Morgan fingerprint density at radius 2 is 1.56 bits per heavy atom. The minimum atomic E-state index is -0.0303. The van der Waals surface area contributed by atoms with Crippen LogP contribution in [0.5, 0.6) is 0 Å². The van der Waals surface area contributed by atoms with E-state index in [2.05, 4.69) is 24.5 Å². The maximum absolute atomic E-state index is 12.7. The summed E-state index contributed by atoms with van der Waals surface area (Å²) in [5.74, 6) is 0.366. The summed E-state index contributed by atoms with van der Waals surface area (Å²) in [7, 11) is 0. The van der Waals surface area contributed by atoms with Crippen molar-refractivity contribution in [2.24, 2.45) is 5.92 Å². The van der Waals surface area contributed by atoms with E-state index in [1.54, 1.807) is 0 Å². The van der Waals surface area contributed by atoms with Crippen LogP contribution in [0.25, 0.3) is 10.8 Å². The molecule has 1 amide bonds. The molecular weight excluding hydrogens is 308 g/mol. The van der Waals surface area contributed by atoms with Gasteiger partial charge in [-0.1, -0.05) is 68.4 Å². The highest BCUT2D eigenvalue weighted by atomic mass is 16.1. The van der Waals surface area contributed by atoms with E-state index in [-0.39, 0.29) is 11.9 Å². The molecule has 0 aromatic heterocycles. The average molecular weight is 332 g/mol. The Bertz CT molecular complexity index is 838. The number of hydrogen-bond acceptors (Lipinski definition) is 2. The smallest absolute Gasteiger partial charge is 0.251 e. The molecule has 0 radical (unpaired) electrons. The fraction of sp³-hybridized carbons (Fsp3) is 0.227. The summed E-state index contributed by atoms with van der Waals surface area (Å²) in [6, 6.07) is 24.1. The largest absolute Gasteiger partial charge is 0.380 e. The second-order valence-electron chi connectivity index (χ2n) is 6.60. The van der Waals surface area contributed by atoms with Crippen LogP contribution in [0.15, 0.2) is 72.8 Å². The van der Waals surface area contributed by atoms with E-state index in [1.807, 2.05) is 72.8 Å². The van der Waals surface area contributed by atoms with Crippen molar-refractivity contribution >= 4 is 22.4 Å². The highest BCUT2D eigenvalue weighted by Crippen LogP contribution is 2.18. The van der Waals surface area contributed by atoms with Crippen molar-refractivity contribution in [2.75, 3.05) is 11.9 Å². The first kappa shape index (κ1) is 17.0. The molecule has 0 aliphatic heterocycles. The molecule has 0 aliphatic rings. The predicted octanol–water partition coefficient (Wildman–Crippen LogP) is 4.71. The molecule has 1 atom stereocenters. The van der Waals surface area contributed by atoms with Gasteiger partial charge in [0.2, 0.25) is 0 Å². The zero-order valence-corrected chi connectivity index (χ0v) is 14.7. The first-order valence-electron chi connectivity index (χ1n) is 8.72. The molecule has 3 aromatic carbocycles. The molecular formula is C22H24N2O. The molecule has 0 fully saturated rings. The molecule has 3 heteroatoms. The van der Waals surface area contributed by atoms with E-state index < -0.39 is 0 Å². The molecule has 3 nitrogen and oxygen atoms in total. The van der Waals surface area contributed by atoms with Crippen molar-refractivity contribution in [3.63, 3.8) is 0 Å². The number of anilines is 1. The maximum Gasteiger partial charge on any atom is 0.251 e. The Labute approximate surface area is 149 Å². The van der Waals surface area contributed by atoms with E-state index >= 15 is 0 Å². The molecule has 2 N–H and O–H groups in total. The minimum absolute atomic E-state index is 0.0303. The van der Waals surface area contributed by atoms with Gasteiger partial charge in [0.05, 0.1) is 0 Å². The van der Waals surface area contributed by atoms with Crippen molar-refractivity contribution in [1.29, 1.82) is 0 Å². The summed E-state index contributed by atoms with van der Waals surface area (Å²) in [6.07, 6.45) is 0. The number of fused-ring (bicyclic) bond motifs is 1. The third-order valence-electron chi connectivity index (χ3n) is 4.45. The van der Waals surface area contributed by atoms with E-state index in [0.29, 0.717) is 12.5 Å². The van der Waals surface area contributed by atoms with Crippen LogP contribution in [0.3, 0.4) is 0 Å². The summed E-state index contributed by atoms with van der Waals surface area (Å²) in [4.78, 5) is 12.7. The van der Waals surface area contributed by atoms with Crippen LogP contribution in [0.2, 0.25) is 0 Å². The number of benzene rings is 3. The molecule has 0 aliphatic carbocycles. The van der Waals surface area contributed by atoms with Crippen molar-refractivity contribution in [3.8, 4) is 0 Å². The van der Waals surface area contributed by atoms with Crippen LogP contribution in [-0.4, -0.2) is 18.5 Å². The summed E-state index contributed by atoms with van der Waals surface area (Å²) in [6.45, 7) is 4.89. The van der Waals surface area contributed by atoms with Crippen LogP contribution in [0.4, 0.5) is 5.69 Å². The number of carbonyl (C=O) groups excluding carboxylic acids is 1. The molecule has 128 valence electrons. The van der Waals surface area contributed by atoms with Gasteiger partial charge < -0.3 is 10.6 Å².